The number of amides is 1. The van der Waals surface area contributed by atoms with Crippen LogP contribution in [0.2, 0.25) is 0 Å². The fraction of sp³-hybridized carbons (Fsp3) is 0.467. The molecule has 0 spiro atoms. The molecule has 0 aromatic heterocycles. The van der Waals surface area contributed by atoms with Crippen LogP contribution in [-0.4, -0.2) is 42.8 Å². The summed E-state index contributed by atoms with van der Waals surface area (Å²) in [7, 11) is 0. The first-order valence-electron chi connectivity index (χ1n) is 7.13. The van der Waals surface area contributed by atoms with Crippen molar-refractivity contribution in [3.05, 3.63) is 16.8 Å². The van der Waals surface area contributed by atoms with E-state index in [4.69, 9.17) is 14.6 Å². The third-order valence-electron chi connectivity index (χ3n) is 3.12. The van der Waals surface area contributed by atoms with Crippen molar-refractivity contribution in [2.45, 2.75) is 26.9 Å². The lowest BCUT2D eigenvalue weighted by atomic mass is 10.2. The Morgan fingerprint density at radius 2 is 1.88 bits per heavy atom. The molecule has 1 rings (SSSR count). The van der Waals surface area contributed by atoms with Crippen LogP contribution < -0.4 is 9.64 Å². The van der Waals surface area contributed by atoms with Crippen molar-refractivity contribution in [2.75, 3.05) is 24.7 Å². The number of ether oxygens (including phenoxy) is 2. The summed E-state index contributed by atoms with van der Waals surface area (Å²) >= 11 is 6.57. The Hall–Kier alpha value is 0.110. The van der Waals surface area contributed by atoms with E-state index in [2.05, 4.69) is 67.8 Å². The zero-order chi connectivity index (χ0) is 18.4. The Labute approximate surface area is 182 Å². The molecule has 0 heterocycles. The van der Waals surface area contributed by atoms with E-state index in [-0.39, 0.29) is 19.1 Å². The first-order valence-corrected chi connectivity index (χ1v) is 10.4. The largest absolute Gasteiger partial charge is 0.489 e. The summed E-state index contributed by atoms with van der Waals surface area (Å²) in [6.07, 6.45) is -0.868. The zero-order valence-corrected chi connectivity index (χ0v) is 19.9. The Morgan fingerprint density at radius 1 is 1.25 bits per heavy atom. The summed E-state index contributed by atoms with van der Waals surface area (Å²) in [5.74, 6) is -0.354. The minimum atomic E-state index is -1.00. The summed E-state index contributed by atoms with van der Waals surface area (Å²) in [5, 5.41) is 8.79. The van der Waals surface area contributed by atoms with Gasteiger partial charge in [-0.15, -0.1) is 0 Å². The summed E-state index contributed by atoms with van der Waals surface area (Å²) in [6, 6.07) is 1.96. The number of nitrogens with zero attached hydrogens (tertiary/aromatic N) is 1. The molecule has 0 radical (unpaired) electrons. The minimum absolute atomic E-state index is 0.0286. The molecule has 0 unspecified atom stereocenters. The molecular formula is C15H18I3NO5. The van der Waals surface area contributed by atoms with Crippen LogP contribution in [0.3, 0.4) is 0 Å². The van der Waals surface area contributed by atoms with E-state index < -0.39 is 12.1 Å². The molecular weight excluding hydrogens is 655 g/mol. The summed E-state index contributed by atoms with van der Waals surface area (Å²) < 4.78 is 13.7. The van der Waals surface area contributed by atoms with Gasteiger partial charge in [0.25, 0.3) is 0 Å². The lowest BCUT2D eigenvalue weighted by Crippen LogP contribution is -2.30. The second kappa shape index (κ2) is 10.3. The van der Waals surface area contributed by atoms with Crippen molar-refractivity contribution < 1.29 is 24.2 Å². The number of aliphatic carboxylic acids is 1. The van der Waals surface area contributed by atoms with Crippen molar-refractivity contribution in [1.29, 1.82) is 0 Å². The van der Waals surface area contributed by atoms with Crippen molar-refractivity contribution in [3.63, 3.8) is 0 Å². The van der Waals surface area contributed by atoms with Crippen molar-refractivity contribution in [3.8, 4) is 5.75 Å². The Bertz CT molecular complexity index is 624. The molecule has 0 saturated heterocycles. The highest BCUT2D eigenvalue weighted by Gasteiger charge is 2.22. The van der Waals surface area contributed by atoms with Gasteiger partial charge >= 0.3 is 5.97 Å². The topological polar surface area (TPSA) is 76.1 Å². The fourth-order valence-corrected chi connectivity index (χ4v) is 6.19. The number of hydrogen-bond donors (Lipinski definition) is 1. The number of carbonyl (C=O) groups excluding carboxylic acids is 1. The van der Waals surface area contributed by atoms with E-state index in [0.29, 0.717) is 12.3 Å². The van der Waals surface area contributed by atoms with E-state index >= 15 is 0 Å². The lowest BCUT2D eigenvalue weighted by Gasteiger charge is -2.24. The molecule has 1 atom stereocenters. The van der Waals surface area contributed by atoms with E-state index in [9.17, 15) is 9.59 Å². The molecule has 1 aromatic rings. The van der Waals surface area contributed by atoms with Crippen molar-refractivity contribution >= 4 is 85.3 Å². The highest BCUT2D eigenvalue weighted by Crippen LogP contribution is 2.39. The van der Waals surface area contributed by atoms with Crippen LogP contribution >= 0.6 is 67.8 Å². The summed E-state index contributed by atoms with van der Waals surface area (Å²) in [4.78, 5) is 24.3. The molecule has 6 nitrogen and oxygen atoms in total. The quantitative estimate of drug-likeness (QED) is 0.337. The van der Waals surface area contributed by atoms with Gasteiger partial charge in [0.2, 0.25) is 5.91 Å². The van der Waals surface area contributed by atoms with E-state index in [1.165, 1.54) is 13.8 Å². The Kier molecular flexibility index (Phi) is 9.51. The minimum Gasteiger partial charge on any atom is -0.489 e. The Morgan fingerprint density at radius 3 is 2.38 bits per heavy atom. The van der Waals surface area contributed by atoms with E-state index in [0.717, 1.165) is 16.4 Å². The molecule has 1 aromatic carbocycles. The zero-order valence-electron chi connectivity index (χ0n) is 13.4. The number of hydrogen-bond acceptors (Lipinski definition) is 4. The first-order chi connectivity index (χ1) is 11.2. The maximum Gasteiger partial charge on any atom is 0.332 e. The van der Waals surface area contributed by atoms with Gasteiger partial charge in [-0.25, -0.2) is 4.79 Å². The molecule has 0 aliphatic rings. The van der Waals surface area contributed by atoms with Gasteiger partial charge in [0.15, 0.2) is 6.10 Å². The smallest absolute Gasteiger partial charge is 0.332 e. The third kappa shape index (κ3) is 5.83. The second-order valence-corrected chi connectivity index (χ2v) is 8.20. The van der Waals surface area contributed by atoms with E-state index in [1.54, 1.807) is 4.90 Å². The number of carboxylic acid groups (broad SMARTS) is 1. The Balaban J connectivity index is 2.95. The number of halogens is 3. The van der Waals surface area contributed by atoms with Gasteiger partial charge in [0.1, 0.15) is 12.4 Å². The molecule has 9 heteroatoms. The molecule has 24 heavy (non-hydrogen) atoms. The molecule has 1 amide bonds. The molecule has 134 valence electrons. The van der Waals surface area contributed by atoms with Crippen molar-refractivity contribution in [1.82, 2.24) is 0 Å². The SMILES string of the molecule is CCN(C(C)=O)c1c(I)cc(I)c(OCCO[C@@H](C)C(=O)O)c1I. The predicted molar refractivity (Wildman–Crippen MR) is 117 cm³/mol. The maximum absolute atomic E-state index is 11.9. The van der Waals surface area contributed by atoms with Crippen LogP contribution in [0.5, 0.6) is 5.75 Å². The number of carboxylic acids is 1. The molecule has 1 N–H and O–H groups in total. The van der Waals surface area contributed by atoms with Crippen LogP contribution in [-0.2, 0) is 14.3 Å². The lowest BCUT2D eigenvalue weighted by molar-refractivity contribution is -0.149. The van der Waals surface area contributed by atoms with Gasteiger partial charge in [-0.1, -0.05) is 0 Å². The fourth-order valence-electron chi connectivity index (χ4n) is 1.92. The third-order valence-corrected chi connectivity index (χ3v) is 5.74. The van der Waals surface area contributed by atoms with E-state index in [1.807, 2.05) is 13.0 Å². The highest BCUT2D eigenvalue weighted by atomic mass is 127. The average molecular weight is 673 g/mol. The normalized spacial score (nSPS) is 11.9. The number of benzene rings is 1. The monoisotopic (exact) mass is 673 g/mol. The van der Waals surface area contributed by atoms with Crippen LogP contribution in [0, 0.1) is 10.7 Å². The van der Waals surface area contributed by atoms with Gasteiger partial charge < -0.3 is 19.5 Å². The number of rotatable bonds is 8. The average Bonchev–Trinajstić information content (AvgIpc) is 2.49. The second-order valence-electron chi connectivity index (χ2n) is 4.79. The molecule has 0 saturated carbocycles. The first kappa shape index (κ1) is 22.2. The molecule has 0 fully saturated rings. The number of carbonyl (C=O) groups is 2. The van der Waals surface area contributed by atoms with Crippen LogP contribution in [0.1, 0.15) is 20.8 Å². The molecule has 0 bridgehead atoms. The van der Waals surface area contributed by atoms with Gasteiger partial charge in [0, 0.05) is 17.0 Å². The van der Waals surface area contributed by atoms with Gasteiger partial charge in [-0.05, 0) is 87.7 Å². The van der Waals surface area contributed by atoms with Gasteiger partial charge in [-0.3, -0.25) is 4.79 Å². The maximum atomic E-state index is 11.9. The van der Waals surface area contributed by atoms with Gasteiger partial charge in [-0.2, -0.15) is 0 Å². The van der Waals surface area contributed by atoms with Crippen LogP contribution in [0.25, 0.3) is 0 Å². The number of anilines is 1. The van der Waals surface area contributed by atoms with Crippen LogP contribution in [0.4, 0.5) is 5.69 Å². The van der Waals surface area contributed by atoms with Crippen molar-refractivity contribution in [2.24, 2.45) is 0 Å². The molecule has 0 aliphatic heterocycles. The standard InChI is InChI=1S/C15H18I3NO5/c1-4-19(9(3)20)13-10(16)7-11(17)14(12(13)18)24-6-5-23-8(2)15(21)22/h7-8H,4-6H2,1-3H3,(H,21,22)/t8-/m0/s1. The van der Waals surface area contributed by atoms with Crippen LogP contribution in [0.15, 0.2) is 6.07 Å². The highest BCUT2D eigenvalue weighted by molar-refractivity contribution is 14.1. The predicted octanol–water partition coefficient (Wildman–Crippen LogP) is 3.74. The molecule has 0 aliphatic carbocycles. The summed E-state index contributed by atoms with van der Waals surface area (Å²) in [6.45, 7) is 5.91. The summed E-state index contributed by atoms with van der Waals surface area (Å²) in [5.41, 5.74) is 0.835. The van der Waals surface area contributed by atoms with Gasteiger partial charge in [0.05, 0.1) is 19.4 Å².